The molecule has 0 aliphatic carbocycles. The number of carbonyl (C=O) groups excluding carboxylic acids is 1. The Bertz CT molecular complexity index is 446. The topological polar surface area (TPSA) is 83.8 Å². The van der Waals surface area contributed by atoms with Crippen molar-refractivity contribution in [3.05, 3.63) is 35.7 Å². The van der Waals surface area contributed by atoms with E-state index in [2.05, 4.69) is 20.4 Å². The lowest BCUT2D eigenvalue weighted by atomic mass is 10.3. The van der Waals surface area contributed by atoms with Gasteiger partial charge in [0.2, 0.25) is 5.76 Å². The summed E-state index contributed by atoms with van der Waals surface area (Å²) in [6, 6.07) is 1.58. The first-order chi connectivity index (χ1) is 7.25. The fourth-order valence-electron chi connectivity index (χ4n) is 1.12. The Morgan fingerprint density at radius 2 is 2.53 bits per heavy atom. The molecule has 2 N–H and O–H groups in total. The average Bonchev–Trinajstić information content (AvgIpc) is 2.84. The number of imidazole rings is 1. The quantitative estimate of drug-likeness (QED) is 0.771. The van der Waals surface area contributed by atoms with E-state index in [4.69, 9.17) is 4.52 Å². The van der Waals surface area contributed by atoms with Crippen molar-refractivity contribution in [2.75, 3.05) is 0 Å². The van der Waals surface area contributed by atoms with E-state index in [1.54, 1.807) is 25.4 Å². The van der Waals surface area contributed by atoms with E-state index < -0.39 is 0 Å². The van der Waals surface area contributed by atoms with Gasteiger partial charge < -0.3 is 14.8 Å². The number of aryl methyl sites for hydroxylation is 1. The minimum atomic E-state index is -0.299. The van der Waals surface area contributed by atoms with Gasteiger partial charge in [-0.25, -0.2) is 4.98 Å². The molecule has 2 aromatic heterocycles. The molecule has 0 saturated carbocycles. The summed E-state index contributed by atoms with van der Waals surface area (Å²) < 4.78 is 4.80. The van der Waals surface area contributed by atoms with Crippen LogP contribution < -0.4 is 5.32 Å². The lowest BCUT2D eigenvalue weighted by molar-refractivity contribution is 0.0913. The van der Waals surface area contributed by atoms with Crippen LogP contribution in [0, 0.1) is 6.92 Å². The second-order valence-corrected chi connectivity index (χ2v) is 3.05. The van der Waals surface area contributed by atoms with Crippen LogP contribution in [0.1, 0.15) is 22.1 Å². The van der Waals surface area contributed by atoms with E-state index in [9.17, 15) is 4.79 Å². The number of carbonyl (C=O) groups is 1. The number of aromatic amines is 1. The van der Waals surface area contributed by atoms with Crippen molar-refractivity contribution in [3.63, 3.8) is 0 Å². The number of aromatic nitrogens is 3. The van der Waals surface area contributed by atoms with Gasteiger partial charge in [-0.15, -0.1) is 0 Å². The predicted octanol–water partition coefficient (Wildman–Crippen LogP) is 0.636. The van der Waals surface area contributed by atoms with Gasteiger partial charge in [-0.05, 0) is 6.92 Å². The standard InChI is InChI=1S/C9H10N4O2/c1-6-4-7(15-13-6)9(14)12-5-8-10-2-3-11-8/h2-4H,5H2,1H3,(H,10,11)(H,12,14). The highest BCUT2D eigenvalue weighted by molar-refractivity contribution is 5.91. The Morgan fingerprint density at radius 3 is 3.13 bits per heavy atom. The molecule has 15 heavy (non-hydrogen) atoms. The maximum absolute atomic E-state index is 11.5. The van der Waals surface area contributed by atoms with Crippen molar-refractivity contribution in [2.45, 2.75) is 13.5 Å². The number of nitrogens with one attached hydrogen (secondary N) is 2. The summed E-state index contributed by atoms with van der Waals surface area (Å²) in [5.74, 6) is 0.602. The summed E-state index contributed by atoms with van der Waals surface area (Å²) in [6.07, 6.45) is 3.32. The smallest absolute Gasteiger partial charge is 0.290 e. The molecule has 0 aliphatic rings. The first-order valence-electron chi connectivity index (χ1n) is 4.45. The Balaban J connectivity index is 1.93. The SMILES string of the molecule is Cc1cc(C(=O)NCc2ncc[nH]2)on1. The van der Waals surface area contributed by atoms with Gasteiger partial charge in [0.05, 0.1) is 12.2 Å². The molecule has 0 aromatic carbocycles. The lowest BCUT2D eigenvalue weighted by Gasteiger charge is -1.98. The second-order valence-electron chi connectivity index (χ2n) is 3.05. The van der Waals surface area contributed by atoms with Crippen LogP contribution in [0.25, 0.3) is 0 Å². The van der Waals surface area contributed by atoms with Crippen molar-refractivity contribution in [1.29, 1.82) is 0 Å². The molecule has 6 nitrogen and oxygen atoms in total. The molecular formula is C9H10N4O2. The first kappa shape index (κ1) is 9.45. The van der Waals surface area contributed by atoms with Crippen LogP contribution in [-0.4, -0.2) is 21.0 Å². The molecule has 0 saturated heterocycles. The molecule has 1 amide bonds. The third kappa shape index (κ3) is 2.22. The van der Waals surface area contributed by atoms with E-state index >= 15 is 0 Å². The summed E-state index contributed by atoms with van der Waals surface area (Å²) in [5, 5.41) is 6.27. The normalized spacial score (nSPS) is 10.2. The Hall–Kier alpha value is -2.11. The molecule has 0 unspecified atom stereocenters. The van der Waals surface area contributed by atoms with E-state index in [0.29, 0.717) is 18.1 Å². The highest BCUT2D eigenvalue weighted by atomic mass is 16.5. The Morgan fingerprint density at radius 1 is 1.67 bits per heavy atom. The number of rotatable bonds is 3. The summed E-state index contributed by atoms with van der Waals surface area (Å²) in [5.41, 5.74) is 0.679. The molecule has 2 heterocycles. The van der Waals surface area contributed by atoms with E-state index in [1.165, 1.54) is 0 Å². The molecular weight excluding hydrogens is 196 g/mol. The van der Waals surface area contributed by atoms with Crippen LogP contribution in [0.15, 0.2) is 23.0 Å². The zero-order valence-electron chi connectivity index (χ0n) is 8.15. The van der Waals surface area contributed by atoms with E-state index in [1.807, 2.05) is 0 Å². The molecule has 0 radical (unpaired) electrons. The van der Waals surface area contributed by atoms with Crippen molar-refractivity contribution >= 4 is 5.91 Å². The van der Waals surface area contributed by atoms with Crippen LogP contribution in [0.2, 0.25) is 0 Å². The van der Waals surface area contributed by atoms with Crippen molar-refractivity contribution in [3.8, 4) is 0 Å². The zero-order chi connectivity index (χ0) is 10.7. The fourth-order valence-corrected chi connectivity index (χ4v) is 1.12. The molecule has 0 spiro atoms. The van der Waals surface area contributed by atoms with Crippen LogP contribution in [0.5, 0.6) is 0 Å². The second kappa shape index (κ2) is 3.95. The van der Waals surface area contributed by atoms with E-state index in [0.717, 1.165) is 0 Å². The number of amides is 1. The third-order valence-corrected chi connectivity index (χ3v) is 1.82. The van der Waals surface area contributed by atoms with Crippen molar-refractivity contribution in [1.82, 2.24) is 20.4 Å². The van der Waals surface area contributed by atoms with Crippen LogP contribution in [0.3, 0.4) is 0 Å². The number of hydrogen-bond donors (Lipinski definition) is 2. The van der Waals surface area contributed by atoms with Crippen LogP contribution >= 0.6 is 0 Å². The van der Waals surface area contributed by atoms with Gasteiger partial charge in [-0.1, -0.05) is 5.16 Å². The maximum atomic E-state index is 11.5. The van der Waals surface area contributed by atoms with Crippen molar-refractivity contribution < 1.29 is 9.32 Å². The van der Waals surface area contributed by atoms with Gasteiger partial charge in [0.15, 0.2) is 0 Å². The molecule has 78 valence electrons. The Labute approximate surface area is 85.7 Å². The highest BCUT2D eigenvalue weighted by Gasteiger charge is 2.10. The van der Waals surface area contributed by atoms with Crippen molar-refractivity contribution in [2.24, 2.45) is 0 Å². The van der Waals surface area contributed by atoms with Gasteiger partial charge in [0.25, 0.3) is 5.91 Å². The fraction of sp³-hybridized carbons (Fsp3) is 0.222. The zero-order valence-corrected chi connectivity index (χ0v) is 8.15. The summed E-state index contributed by atoms with van der Waals surface area (Å²) in [6.45, 7) is 2.10. The molecule has 2 rings (SSSR count). The van der Waals surface area contributed by atoms with Gasteiger partial charge in [-0.2, -0.15) is 0 Å². The predicted molar refractivity (Wildman–Crippen MR) is 51.0 cm³/mol. The molecule has 2 aromatic rings. The van der Waals surface area contributed by atoms with Gasteiger partial charge in [0.1, 0.15) is 5.82 Å². The minimum absolute atomic E-state index is 0.207. The van der Waals surface area contributed by atoms with Crippen LogP contribution in [-0.2, 0) is 6.54 Å². The molecule has 0 fully saturated rings. The first-order valence-corrected chi connectivity index (χ1v) is 4.45. The summed E-state index contributed by atoms with van der Waals surface area (Å²) in [4.78, 5) is 18.3. The molecule has 0 atom stereocenters. The minimum Gasteiger partial charge on any atom is -0.351 e. The molecule has 0 aliphatic heterocycles. The summed E-state index contributed by atoms with van der Waals surface area (Å²) >= 11 is 0. The number of nitrogens with zero attached hydrogens (tertiary/aromatic N) is 2. The van der Waals surface area contributed by atoms with Gasteiger partial charge in [0, 0.05) is 18.5 Å². The number of hydrogen-bond acceptors (Lipinski definition) is 4. The molecule has 6 heteroatoms. The van der Waals surface area contributed by atoms with Gasteiger partial charge in [-0.3, -0.25) is 4.79 Å². The maximum Gasteiger partial charge on any atom is 0.290 e. The lowest BCUT2D eigenvalue weighted by Crippen LogP contribution is -2.22. The average molecular weight is 206 g/mol. The summed E-state index contributed by atoms with van der Waals surface area (Å²) in [7, 11) is 0. The highest BCUT2D eigenvalue weighted by Crippen LogP contribution is 2.01. The van der Waals surface area contributed by atoms with Gasteiger partial charge >= 0.3 is 0 Å². The Kier molecular flexibility index (Phi) is 2.49. The third-order valence-electron chi connectivity index (χ3n) is 1.82. The number of H-pyrrole nitrogens is 1. The largest absolute Gasteiger partial charge is 0.351 e. The monoisotopic (exact) mass is 206 g/mol. The molecule has 0 bridgehead atoms. The van der Waals surface area contributed by atoms with E-state index in [-0.39, 0.29) is 11.7 Å². The van der Waals surface area contributed by atoms with Crippen LogP contribution in [0.4, 0.5) is 0 Å².